The number of halogens is 1. The molecule has 4 heteroatoms. The molecule has 1 aromatic carbocycles. The number of rotatable bonds is 9. The molecule has 0 amide bonds. The van der Waals surface area contributed by atoms with Crippen molar-refractivity contribution in [3.63, 3.8) is 0 Å². The van der Waals surface area contributed by atoms with Crippen LogP contribution in [0, 0.1) is 0 Å². The van der Waals surface area contributed by atoms with Crippen molar-refractivity contribution in [3.05, 3.63) is 34.9 Å². The van der Waals surface area contributed by atoms with Gasteiger partial charge in [0.05, 0.1) is 0 Å². The van der Waals surface area contributed by atoms with Crippen LogP contribution in [-0.2, 0) is 0 Å². The van der Waals surface area contributed by atoms with Crippen molar-refractivity contribution in [2.75, 3.05) is 47.3 Å². The maximum Gasteiger partial charge on any atom is 0.0453 e. The molecule has 0 aliphatic heterocycles. The fourth-order valence-electron chi connectivity index (χ4n) is 2.15. The first-order chi connectivity index (χ1) is 9.52. The smallest absolute Gasteiger partial charge is 0.0453 e. The number of hydrogen-bond acceptors (Lipinski definition) is 3. The molecule has 114 valence electrons. The van der Waals surface area contributed by atoms with Crippen molar-refractivity contribution in [2.45, 2.75) is 19.4 Å². The monoisotopic (exact) mass is 297 g/mol. The Morgan fingerprint density at radius 2 is 1.80 bits per heavy atom. The minimum atomic E-state index is 0.340. The molecule has 0 spiro atoms. The van der Waals surface area contributed by atoms with Crippen molar-refractivity contribution in [2.24, 2.45) is 0 Å². The summed E-state index contributed by atoms with van der Waals surface area (Å²) in [5.74, 6) is 0. The molecule has 0 saturated heterocycles. The average molecular weight is 298 g/mol. The van der Waals surface area contributed by atoms with E-state index in [1.54, 1.807) is 0 Å². The van der Waals surface area contributed by atoms with Gasteiger partial charge < -0.3 is 10.2 Å². The van der Waals surface area contributed by atoms with E-state index in [0.29, 0.717) is 6.04 Å². The Balaban J connectivity index is 2.25. The molecular weight excluding hydrogens is 270 g/mol. The summed E-state index contributed by atoms with van der Waals surface area (Å²) < 4.78 is 0. The lowest BCUT2D eigenvalue weighted by Crippen LogP contribution is -2.32. The molecule has 20 heavy (non-hydrogen) atoms. The summed E-state index contributed by atoms with van der Waals surface area (Å²) in [4.78, 5) is 4.55. The second-order valence-corrected chi connectivity index (χ2v) is 5.99. The second kappa shape index (κ2) is 9.35. The molecule has 3 nitrogen and oxygen atoms in total. The topological polar surface area (TPSA) is 18.5 Å². The lowest BCUT2D eigenvalue weighted by atomic mass is 10.1. The normalized spacial score (nSPS) is 13.2. The maximum absolute atomic E-state index is 6.25. The van der Waals surface area contributed by atoms with Gasteiger partial charge in [-0.15, -0.1) is 0 Å². The zero-order valence-electron chi connectivity index (χ0n) is 13.2. The summed E-state index contributed by atoms with van der Waals surface area (Å²) in [5, 5.41) is 4.34. The number of hydrogen-bond donors (Lipinski definition) is 1. The molecule has 0 aliphatic rings. The molecule has 0 bridgehead atoms. The Morgan fingerprint density at radius 3 is 2.45 bits per heavy atom. The SMILES string of the molecule is CC(c1ccccc1Cl)N(C)CCNCCCN(C)C. The average Bonchev–Trinajstić information content (AvgIpc) is 2.42. The van der Waals surface area contributed by atoms with Crippen molar-refractivity contribution in [3.8, 4) is 0 Å². The Kier molecular flexibility index (Phi) is 8.15. The molecule has 0 saturated carbocycles. The van der Waals surface area contributed by atoms with Crippen LogP contribution in [0.4, 0.5) is 0 Å². The van der Waals surface area contributed by atoms with Crippen LogP contribution in [0.3, 0.4) is 0 Å². The number of nitrogens with one attached hydrogen (secondary N) is 1. The molecular formula is C16H28ClN3. The van der Waals surface area contributed by atoms with Crippen molar-refractivity contribution in [1.82, 2.24) is 15.1 Å². The highest BCUT2D eigenvalue weighted by Crippen LogP contribution is 2.25. The van der Waals surface area contributed by atoms with Crippen LogP contribution in [0.1, 0.15) is 24.9 Å². The highest BCUT2D eigenvalue weighted by Gasteiger charge is 2.13. The number of benzene rings is 1. The third-order valence-corrected chi connectivity index (χ3v) is 3.96. The molecule has 1 N–H and O–H groups in total. The van der Waals surface area contributed by atoms with Gasteiger partial charge in [0.1, 0.15) is 0 Å². The van der Waals surface area contributed by atoms with Crippen molar-refractivity contribution < 1.29 is 0 Å². The Bertz CT molecular complexity index is 382. The van der Waals surface area contributed by atoms with Gasteiger partial charge in [-0.3, -0.25) is 4.90 Å². The van der Waals surface area contributed by atoms with Gasteiger partial charge in [-0.2, -0.15) is 0 Å². The van der Waals surface area contributed by atoms with E-state index in [-0.39, 0.29) is 0 Å². The molecule has 0 heterocycles. The van der Waals surface area contributed by atoms with Crippen LogP contribution in [0.2, 0.25) is 5.02 Å². The zero-order chi connectivity index (χ0) is 15.0. The Hall–Kier alpha value is -0.610. The third kappa shape index (κ3) is 6.23. The third-order valence-electron chi connectivity index (χ3n) is 3.62. The van der Waals surface area contributed by atoms with Crippen LogP contribution in [0.15, 0.2) is 24.3 Å². The predicted octanol–water partition coefficient (Wildman–Crippen LogP) is 2.87. The highest BCUT2D eigenvalue weighted by molar-refractivity contribution is 6.31. The molecule has 1 aromatic rings. The van der Waals surface area contributed by atoms with E-state index in [2.05, 4.69) is 49.2 Å². The van der Waals surface area contributed by atoms with E-state index in [1.807, 2.05) is 18.2 Å². The van der Waals surface area contributed by atoms with Crippen LogP contribution < -0.4 is 5.32 Å². The van der Waals surface area contributed by atoms with Crippen LogP contribution in [-0.4, -0.2) is 57.1 Å². The van der Waals surface area contributed by atoms with Gasteiger partial charge in [-0.05, 0) is 59.2 Å². The van der Waals surface area contributed by atoms with Crippen LogP contribution >= 0.6 is 11.6 Å². The second-order valence-electron chi connectivity index (χ2n) is 5.58. The molecule has 0 radical (unpaired) electrons. The van der Waals surface area contributed by atoms with Gasteiger partial charge in [0.25, 0.3) is 0 Å². The molecule has 0 aromatic heterocycles. The van der Waals surface area contributed by atoms with Gasteiger partial charge in [-0.1, -0.05) is 29.8 Å². The van der Waals surface area contributed by atoms with E-state index in [0.717, 1.165) is 31.2 Å². The van der Waals surface area contributed by atoms with Crippen LogP contribution in [0.25, 0.3) is 0 Å². The number of nitrogens with zero attached hydrogens (tertiary/aromatic N) is 2. The van der Waals surface area contributed by atoms with Crippen molar-refractivity contribution >= 4 is 11.6 Å². The standard InChI is InChI=1S/C16H28ClN3/c1-14(15-8-5-6-9-16(15)17)20(4)13-11-18-10-7-12-19(2)3/h5-6,8-9,14,18H,7,10-13H2,1-4H3. The first-order valence-electron chi connectivity index (χ1n) is 7.32. The van der Waals surface area contributed by atoms with Gasteiger partial charge >= 0.3 is 0 Å². The van der Waals surface area contributed by atoms with Gasteiger partial charge in [-0.25, -0.2) is 0 Å². The fraction of sp³-hybridized carbons (Fsp3) is 0.625. The Labute approximate surface area is 128 Å². The first-order valence-corrected chi connectivity index (χ1v) is 7.70. The molecule has 1 rings (SSSR count). The van der Waals surface area contributed by atoms with E-state index in [9.17, 15) is 0 Å². The van der Waals surface area contributed by atoms with Gasteiger partial charge in [0, 0.05) is 24.2 Å². The molecule has 0 fully saturated rings. The number of likely N-dealkylation sites (N-methyl/N-ethyl adjacent to an activating group) is 1. The minimum absolute atomic E-state index is 0.340. The Morgan fingerprint density at radius 1 is 1.10 bits per heavy atom. The summed E-state index contributed by atoms with van der Waals surface area (Å²) >= 11 is 6.25. The van der Waals surface area contributed by atoms with E-state index in [1.165, 1.54) is 12.0 Å². The largest absolute Gasteiger partial charge is 0.315 e. The quantitative estimate of drug-likeness (QED) is 0.707. The first kappa shape index (κ1) is 17.4. The lowest BCUT2D eigenvalue weighted by molar-refractivity contribution is 0.260. The maximum atomic E-state index is 6.25. The summed E-state index contributed by atoms with van der Waals surface area (Å²) in [5.41, 5.74) is 1.20. The lowest BCUT2D eigenvalue weighted by Gasteiger charge is -2.26. The van der Waals surface area contributed by atoms with Crippen molar-refractivity contribution in [1.29, 1.82) is 0 Å². The summed E-state index contributed by atoms with van der Waals surface area (Å²) in [7, 11) is 6.37. The molecule has 1 atom stereocenters. The molecule has 1 unspecified atom stereocenters. The minimum Gasteiger partial charge on any atom is -0.315 e. The predicted molar refractivity (Wildman–Crippen MR) is 88.5 cm³/mol. The van der Waals surface area contributed by atoms with E-state index < -0.39 is 0 Å². The molecule has 0 aliphatic carbocycles. The van der Waals surface area contributed by atoms with Gasteiger partial charge in [0.2, 0.25) is 0 Å². The fourth-order valence-corrected chi connectivity index (χ4v) is 2.44. The zero-order valence-corrected chi connectivity index (χ0v) is 14.0. The summed E-state index contributed by atoms with van der Waals surface area (Å²) in [6.45, 7) is 6.45. The van der Waals surface area contributed by atoms with E-state index in [4.69, 9.17) is 11.6 Å². The summed E-state index contributed by atoms with van der Waals surface area (Å²) in [6, 6.07) is 8.43. The highest BCUT2D eigenvalue weighted by atomic mass is 35.5. The van der Waals surface area contributed by atoms with Gasteiger partial charge in [0.15, 0.2) is 0 Å². The van der Waals surface area contributed by atoms with E-state index >= 15 is 0 Å². The van der Waals surface area contributed by atoms with Crippen LogP contribution in [0.5, 0.6) is 0 Å². The summed E-state index contributed by atoms with van der Waals surface area (Å²) in [6.07, 6.45) is 1.19.